The molecule has 1 amide bonds. The zero-order valence-electron chi connectivity index (χ0n) is 17.9. The molecule has 2 aromatic heterocycles. The molecule has 34 heavy (non-hydrogen) atoms. The van der Waals surface area contributed by atoms with E-state index in [0.29, 0.717) is 23.8 Å². The third-order valence-electron chi connectivity index (χ3n) is 5.30. The van der Waals surface area contributed by atoms with Crippen molar-refractivity contribution in [2.75, 3.05) is 23.3 Å². The SMILES string of the molecule is Cc1cc(C)n(-c2cc(N3CC(C(=O)Nc4cc(C(F)(F)F)cc(C(F)(F)F)c4)C3)ncn2)n1. The van der Waals surface area contributed by atoms with Crippen LogP contribution in [0.1, 0.15) is 22.5 Å². The highest BCUT2D eigenvalue weighted by Crippen LogP contribution is 2.37. The molecule has 4 rings (SSSR count). The number of rotatable bonds is 4. The van der Waals surface area contributed by atoms with Gasteiger partial charge in [-0.05, 0) is 38.1 Å². The van der Waals surface area contributed by atoms with E-state index in [-0.39, 0.29) is 19.2 Å². The third-order valence-corrected chi connectivity index (χ3v) is 5.30. The molecule has 1 aliphatic heterocycles. The van der Waals surface area contributed by atoms with E-state index < -0.39 is 41.0 Å². The van der Waals surface area contributed by atoms with Gasteiger partial charge in [0.15, 0.2) is 5.82 Å². The van der Waals surface area contributed by atoms with Crippen LogP contribution >= 0.6 is 0 Å². The molecular weight excluding hydrogens is 466 g/mol. The summed E-state index contributed by atoms with van der Waals surface area (Å²) >= 11 is 0. The molecule has 1 fully saturated rings. The Morgan fingerprint density at radius 1 is 0.912 bits per heavy atom. The molecule has 0 bridgehead atoms. The summed E-state index contributed by atoms with van der Waals surface area (Å²) in [5.41, 5.74) is -1.89. The monoisotopic (exact) mass is 484 g/mol. The first-order valence-corrected chi connectivity index (χ1v) is 10.0. The molecule has 180 valence electrons. The second-order valence-corrected chi connectivity index (χ2v) is 7.96. The van der Waals surface area contributed by atoms with Crippen molar-refractivity contribution in [3.8, 4) is 5.82 Å². The second kappa shape index (κ2) is 8.29. The highest BCUT2D eigenvalue weighted by Gasteiger charge is 2.38. The number of halogens is 6. The molecule has 1 saturated heterocycles. The molecule has 0 unspecified atom stereocenters. The van der Waals surface area contributed by atoms with Gasteiger partial charge in [0.05, 0.1) is 22.7 Å². The molecule has 0 atom stereocenters. The fourth-order valence-corrected chi connectivity index (χ4v) is 3.59. The first-order chi connectivity index (χ1) is 15.8. The molecule has 1 aliphatic rings. The van der Waals surface area contributed by atoms with Gasteiger partial charge >= 0.3 is 12.4 Å². The summed E-state index contributed by atoms with van der Waals surface area (Å²) in [5.74, 6) is -0.292. The Bertz CT molecular complexity index is 1200. The minimum atomic E-state index is -5.00. The molecule has 1 N–H and O–H groups in total. The Morgan fingerprint density at radius 3 is 2.03 bits per heavy atom. The van der Waals surface area contributed by atoms with Gasteiger partial charge in [0, 0.05) is 30.5 Å². The van der Waals surface area contributed by atoms with Crippen molar-refractivity contribution in [2.24, 2.45) is 5.92 Å². The molecule has 13 heteroatoms. The summed E-state index contributed by atoms with van der Waals surface area (Å²) in [7, 11) is 0. The minimum absolute atomic E-state index is 0.0102. The highest BCUT2D eigenvalue weighted by atomic mass is 19.4. The van der Waals surface area contributed by atoms with Crippen molar-refractivity contribution >= 4 is 17.4 Å². The number of alkyl halides is 6. The van der Waals surface area contributed by atoms with Crippen LogP contribution in [0.15, 0.2) is 36.7 Å². The zero-order chi connectivity index (χ0) is 24.8. The number of benzene rings is 1. The topological polar surface area (TPSA) is 75.9 Å². The van der Waals surface area contributed by atoms with E-state index in [1.54, 1.807) is 15.6 Å². The lowest BCUT2D eigenvalue weighted by Gasteiger charge is -2.39. The number of carbonyl (C=O) groups excluding carboxylic acids is 1. The smallest absolute Gasteiger partial charge is 0.355 e. The quantitative estimate of drug-likeness (QED) is 0.556. The predicted molar refractivity (Wildman–Crippen MR) is 109 cm³/mol. The minimum Gasteiger partial charge on any atom is -0.355 e. The Hall–Kier alpha value is -3.64. The maximum absolute atomic E-state index is 13.0. The molecule has 0 saturated carbocycles. The molecule has 3 heterocycles. The van der Waals surface area contributed by atoms with Crippen LogP contribution < -0.4 is 10.2 Å². The molecular formula is C21H18F6N6O. The maximum Gasteiger partial charge on any atom is 0.416 e. The Kier molecular flexibility index (Phi) is 5.74. The number of amides is 1. The number of anilines is 2. The first-order valence-electron chi connectivity index (χ1n) is 10.0. The van der Waals surface area contributed by atoms with E-state index in [2.05, 4.69) is 20.4 Å². The van der Waals surface area contributed by atoms with Crippen LogP contribution in [0, 0.1) is 19.8 Å². The summed E-state index contributed by atoms with van der Waals surface area (Å²) < 4.78 is 79.8. The van der Waals surface area contributed by atoms with Crippen LogP contribution in [0.3, 0.4) is 0 Å². The fraction of sp³-hybridized carbons (Fsp3) is 0.333. The van der Waals surface area contributed by atoms with Gasteiger partial charge in [0.2, 0.25) is 5.91 Å². The van der Waals surface area contributed by atoms with Crippen LogP contribution in [-0.4, -0.2) is 38.7 Å². The summed E-state index contributed by atoms with van der Waals surface area (Å²) in [5, 5.41) is 6.52. The van der Waals surface area contributed by atoms with E-state index in [1.807, 2.05) is 19.9 Å². The molecule has 0 aliphatic carbocycles. The van der Waals surface area contributed by atoms with E-state index in [9.17, 15) is 31.1 Å². The van der Waals surface area contributed by atoms with Gasteiger partial charge in [0.1, 0.15) is 12.1 Å². The van der Waals surface area contributed by atoms with Crippen LogP contribution in [-0.2, 0) is 17.1 Å². The molecule has 1 aromatic carbocycles. The summed E-state index contributed by atoms with van der Waals surface area (Å²) in [6, 6.07) is 4.53. The number of hydrogen-bond donors (Lipinski definition) is 1. The third kappa shape index (κ3) is 4.82. The molecule has 7 nitrogen and oxygen atoms in total. The van der Waals surface area contributed by atoms with Crippen molar-refractivity contribution in [3.63, 3.8) is 0 Å². The number of nitrogens with zero attached hydrogens (tertiary/aromatic N) is 5. The van der Waals surface area contributed by atoms with E-state index in [4.69, 9.17) is 0 Å². The first kappa shape index (κ1) is 23.5. The average Bonchev–Trinajstić information content (AvgIpc) is 3.03. The molecule has 0 radical (unpaired) electrons. The van der Waals surface area contributed by atoms with Crippen LogP contribution in [0.2, 0.25) is 0 Å². The van der Waals surface area contributed by atoms with Gasteiger partial charge < -0.3 is 10.2 Å². The largest absolute Gasteiger partial charge is 0.416 e. The molecule has 0 spiro atoms. The van der Waals surface area contributed by atoms with Gasteiger partial charge in [-0.25, -0.2) is 14.6 Å². The van der Waals surface area contributed by atoms with Crippen LogP contribution in [0.25, 0.3) is 5.82 Å². The highest BCUT2D eigenvalue weighted by molar-refractivity contribution is 5.94. The maximum atomic E-state index is 13.0. The summed E-state index contributed by atoms with van der Waals surface area (Å²) in [6.45, 7) is 4.07. The van der Waals surface area contributed by atoms with Gasteiger partial charge in [-0.2, -0.15) is 31.4 Å². The van der Waals surface area contributed by atoms with Crippen molar-refractivity contribution in [3.05, 3.63) is 59.2 Å². The van der Waals surface area contributed by atoms with E-state index in [0.717, 1.165) is 11.4 Å². The fourth-order valence-electron chi connectivity index (χ4n) is 3.59. The Balaban J connectivity index is 1.46. The zero-order valence-corrected chi connectivity index (χ0v) is 17.9. The van der Waals surface area contributed by atoms with Gasteiger partial charge in [-0.1, -0.05) is 0 Å². The summed E-state index contributed by atoms with van der Waals surface area (Å²) in [6.07, 6.45) is -8.65. The lowest BCUT2D eigenvalue weighted by atomic mass is 9.98. The Morgan fingerprint density at radius 2 is 1.50 bits per heavy atom. The number of hydrogen-bond acceptors (Lipinski definition) is 5. The van der Waals surface area contributed by atoms with Gasteiger partial charge in [-0.15, -0.1) is 0 Å². The lowest BCUT2D eigenvalue weighted by Crippen LogP contribution is -2.52. The predicted octanol–water partition coefficient (Wildman–Crippen LogP) is 4.39. The lowest BCUT2D eigenvalue weighted by molar-refractivity contribution is -0.143. The van der Waals surface area contributed by atoms with E-state index in [1.165, 1.54) is 6.33 Å². The number of carbonyl (C=O) groups is 1. The number of aryl methyl sites for hydroxylation is 2. The average molecular weight is 484 g/mol. The van der Waals surface area contributed by atoms with Crippen molar-refractivity contribution in [1.29, 1.82) is 0 Å². The van der Waals surface area contributed by atoms with Crippen molar-refractivity contribution < 1.29 is 31.1 Å². The summed E-state index contributed by atoms with van der Waals surface area (Å²) in [4.78, 5) is 22.6. The van der Waals surface area contributed by atoms with E-state index >= 15 is 0 Å². The standard InChI is InChI=1S/C21H18F6N6O/c1-11-3-12(2)33(31-11)18-7-17(28-10-29-18)32-8-13(9-32)19(34)30-16-5-14(20(22,23)24)4-15(6-16)21(25,26)27/h3-7,10,13H,8-9H2,1-2H3,(H,30,34). The van der Waals surface area contributed by atoms with Gasteiger partial charge in [-0.3, -0.25) is 4.79 Å². The Labute approximate surface area is 189 Å². The van der Waals surface area contributed by atoms with Crippen LogP contribution in [0.5, 0.6) is 0 Å². The van der Waals surface area contributed by atoms with Crippen LogP contribution in [0.4, 0.5) is 37.8 Å². The number of aromatic nitrogens is 4. The normalized spacial score (nSPS) is 14.8. The van der Waals surface area contributed by atoms with Crippen molar-refractivity contribution in [1.82, 2.24) is 19.7 Å². The second-order valence-electron chi connectivity index (χ2n) is 7.96. The van der Waals surface area contributed by atoms with Gasteiger partial charge in [0.25, 0.3) is 0 Å². The number of nitrogens with one attached hydrogen (secondary N) is 1. The molecule has 3 aromatic rings. The van der Waals surface area contributed by atoms with Crippen molar-refractivity contribution in [2.45, 2.75) is 26.2 Å².